The van der Waals surface area contributed by atoms with E-state index in [2.05, 4.69) is 15.9 Å². The monoisotopic (exact) mass is 346 g/mol. The molecule has 1 unspecified atom stereocenters. The smallest absolute Gasteiger partial charge is 0.146 e. The van der Waals surface area contributed by atoms with Crippen LogP contribution in [0.3, 0.4) is 0 Å². The van der Waals surface area contributed by atoms with Crippen molar-refractivity contribution < 1.29 is 23.0 Å². The average Bonchev–Trinajstić information content (AvgIpc) is 2.42. The molecule has 2 rings (SSSR count). The van der Waals surface area contributed by atoms with Gasteiger partial charge in [-0.25, -0.2) is 13.2 Å². The Balaban J connectivity index is 2.64. The van der Waals surface area contributed by atoms with Gasteiger partial charge in [0.2, 0.25) is 0 Å². The maximum atomic E-state index is 14.0. The first kappa shape index (κ1) is 14.9. The predicted octanol–water partition coefficient (Wildman–Crippen LogP) is 3.96. The van der Waals surface area contributed by atoms with Crippen LogP contribution < -0.4 is 4.74 Å². The summed E-state index contributed by atoms with van der Waals surface area (Å²) in [6, 6.07) is 6.00. The molecule has 0 aliphatic rings. The van der Waals surface area contributed by atoms with Crippen molar-refractivity contribution >= 4 is 15.9 Å². The van der Waals surface area contributed by atoms with Crippen molar-refractivity contribution in [1.82, 2.24) is 0 Å². The second-order valence-electron chi connectivity index (χ2n) is 4.02. The highest BCUT2D eigenvalue weighted by molar-refractivity contribution is 9.10. The molecule has 6 heteroatoms. The van der Waals surface area contributed by atoms with Crippen LogP contribution in [0.5, 0.6) is 5.75 Å². The maximum Gasteiger partial charge on any atom is 0.146 e. The van der Waals surface area contributed by atoms with Crippen LogP contribution in [0.2, 0.25) is 0 Å². The molecular weight excluding hydrogens is 337 g/mol. The van der Waals surface area contributed by atoms with Crippen LogP contribution in [-0.2, 0) is 0 Å². The van der Waals surface area contributed by atoms with Crippen molar-refractivity contribution in [2.24, 2.45) is 0 Å². The summed E-state index contributed by atoms with van der Waals surface area (Å²) in [4.78, 5) is 0. The fraction of sp³-hybridized carbons (Fsp3) is 0.143. The number of halogens is 4. The number of hydrogen-bond acceptors (Lipinski definition) is 2. The molecule has 0 aromatic heterocycles. The Kier molecular flexibility index (Phi) is 4.35. The molecule has 2 aromatic carbocycles. The zero-order valence-corrected chi connectivity index (χ0v) is 11.9. The summed E-state index contributed by atoms with van der Waals surface area (Å²) in [5.41, 5.74) is -0.950. The van der Waals surface area contributed by atoms with E-state index in [9.17, 15) is 18.3 Å². The van der Waals surface area contributed by atoms with E-state index >= 15 is 0 Å². The van der Waals surface area contributed by atoms with Gasteiger partial charge in [-0.3, -0.25) is 0 Å². The second kappa shape index (κ2) is 5.85. The number of aliphatic hydroxyl groups is 1. The highest BCUT2D eigenvalue weighted by atomic mass is 79.9. The highest BCUT2D eigenvalue weighted by Crippen LogP contribution is 2.36. The molecule has 0 bridgehead atoms. The van der Waals surface area contributed by atoms with Gasteiger partial charge in [0.1, 0.15) is 29.3 Å². The Morgan fingerprint density at radius 3 is 2.35 bits per heavy atom. The van der Waals surface area contributed by atoms with Crippen molar-refractivity contribution in [3.8, 4) is 5.75 Å². The Bertz CT molecular complexity index is 647. The number of benzene rings is 2. The lowest BCUT2D eigenvalue weighted by molar-refractivity contribution is 0.198. The van der Waals surface area contributed by atoms with Gasteiger partial charge in [0.15, 0.2) is 0 Å². The quantitative estimate of drug-likeness (QED) is 0.852. The Morgan fingerprint density at radius 2 is 1.70 bits per heavy atom. The van der Waals surface area contributed by atoms with E-state index in [4.69, 9.17) is 4.74 Å². The first-order chi connectivity index (χ1) is 9.47. The minimum Gasteiger partial charge on any atom is -0.496 e. The maximum absolute atomic E-state index is 14.0. The molecule has 0 radical (unpaired) electrons. The van der Waals surface area contributed by atoms with Gasteiger partial charge in [-0.05, 0) is 40.2 Å². The number of hydrogen-bond donors (Lipinski definition) is 1. The van der Waals surface area contributed by atoms with Crippen LogP contribution in [0.4, 0.5) is 13.2 Å². The number of methoxy groups -OCH3 is 1. The molecule has 0 saturated heterocycles. The third kappa shape index (κ3) is 2.53. The molecule has 1 atom stereocenters. The normalized spacial score (nSPS) is 12.3. The molecule has 0 amide bonds. The van der Waals surface area contributed by atoms with E-state index in [1.165, 1.54) is 25.3 Å². The second-order valence-corrected chi connectivity index (χ2v) is 4.87. The van der Waals surface area contributed by atoms with E-state index in [1.54, 1.807) is 0 Å². The first-order valence-electron chi connectivity index (χ1n) is 5.61. The molecule has 0 aliphatic carbocycles. The molecule has 20 heavy (non-hydrogen) atoms. The van der Waals surface area contributed by atoms with Crippen LogP contribution in [-0.4, -0.2) is 12.2 Å². The molecule has 0 heterocycles. The molecule has 0 fully saturated rings. The van der Waals surface area contributed by atoms with Crippen LogP contribution >= 0.6 is 15.9 Å². The zero-order chi connectivity index (χ0) is 14.9. The molecule has 0 spiro atoms. The Labute approximate surface area is 121 Å². The minimum atomic E-state index is -1.82. The minimum absolute atomic E-state index is 0.0104. The predicted molar refractivity (Wildman–Crippen MR) is 71.1 cm³/mol. The zero-order valence-electron chi connectivity index (χ0n) is 10.3. The van der Waals surface area contributed by atoms with Gasteiger partial charge in [0.25, 0.3) is 0 Å². The van der Waals surface area contributed by atoms with Crippen LogP contribution in [0, 0.1) is 17.5 Å². The van der Waals surface area contributed by atoms with Crippen molar-refractivity contribution in [3.63, 3.8) is 0 Å². The lowest BCUT2D eigenvalue weighted by Gasteiger charge is -2.17. The van der Waals surface area contributed by atoms with Crippen LogP contribution in [0.15, 0.2) is 34.8 Å². The number of ether oxygens (including phenoxy) is 1. The van der Waals surface area contributed by atoms with Gasteiger partial charge in [-0.15, -0.1) is 0 Å². The molecular formula is C14H10BrF3O2. The molecule has 0 saturated carbocycles. The average molecular weight is 347 g/mol. The van der Waals surface area contributed by atoms with Gasteiger partial charge in [-0.1, -0.05) is 6.07 Å². The van der Waals surface area contributed by atoms with E-state index in [-0.39, 0.29) is 15.8 Å². The summed E-state index contributed by atoms with van der Waals surface area (Å²) in [5, 5.41) is 10.1. The summed E-state index contributed by atoms with van der Waals surface area (Å²) in [5.74, 6) is -2.75. The van der Waals surface area contributed by atoms with Crippen molar-refractivity contribution in [2.45, 2.75) is 6.10 Å². The third-order valence-electron chi connectivity index (χ3n) is 2.86. The fourth-order valence-electron chi connectivity index (χ4n) is 1.90. The number of aliphatic hydroxyl groups excluding tert-OH is 1. The Morgan fingerprint density at radius 1 is 1.05 bits per heavy atom. The molecule has 2 aromatic rings. The SMILES string of the molecule is COc1cccc(F)c1C(O)c1c(F)ccc(Br)c1F. The summed E-state index contributed by atoms with van der Waals surface area (Å²) < 4.78 is 46.4. The summed E-state index contributed by atoms with van der Waals surface area (Å²) in [6.45, 7) is 0. The summed E-state index contributed by atoms with van der Waals surface area (Å²) >= 11 is 2.90. The Hall–Kier alpha value is -1.53. The van der Waals surface area contributed by atoms with Gasteiger partial charge >= 0.3 is 0 Å². The first-order valence-corrected chi connectivity index (χ1v) is 6.40. The van der Waals surface area contributed by atoms with E-state index < -0.39 is 29.1 Å². The molecule has 106 valence electrons. The van der Waals surface area contributed by atoms with Crippen molar-refractivity contribution in [2.75, 3.05) is 7.11 Å². The van der Waals surface area contributed by atoms with E-state index in [0.717, 1.165) is 12.1 Å². The van der Waals surface area contributed by atoms with Crippen molar-refractivity contribution in [3.05, 3.63) is 63.4 Å². The highest BCUT2D eigenvalue weighted by Gasteiger charge is 2.26. The van der Waals surface area contributed by atoms with Crippen molar-refractivity contribution in [1.29, 1.82) is 0 Å². The molecule has 1 N–H and O–H groups in total. The summed E-state index contributed by atoms with van der Waals surface area (Å²) in [6.07, 6.45) is -1.82. The topological polar surface area (TPSA) is 29.5 Å². The van der Waals surface area contributed by atoms with Gasteiger partial charge < -0.3 is 9.84 Å². The standard InChI is InChI=1S/C14H10BrF3O2/c1-20-10-4-2-3-8(16)11(10)14(19)12-9(17)6-5-7(15)13(12)18/h2-6,14,19H,1H3. The molecule has 2 nitrogen and oxygen atoms in total. The molecule has 0 aliphatic heterocycles. The van der Waals surface area contributed by atoms with Gasteiger partial charge in [-0.2, -0.15) is 0 Å². The van der Waals surface area contributed by atoms with Gasteiger partial charge in [0, 0.05) is 0 Å². The lowest BCUT2D eigenvalue weighted by atomic mass is 9.99. The van der Waals surface area contributed by atoms with Crippen LogP contribution in [0.25, 0.3) is 0 Å². The third-order valence-corrected chi connectivity index (χ3v) is 3.47. The lowest BCUT2D eigenvalue weighted by Crippen LogP contribution is -2.10. The van der Waals surface area contributed by atoms with Crippen LogP contribution in [0.1, 0.15) is 17.2 Å². The number of rotatable bonds is 3. The van der Waals surface area contributed by atoms with Gasteiger partial charge in [0.05, 0.1) is 22.7 Å². The van der Waals surface area contributed by atoms with E-state index in [0.29, 0.717) is 0 Å². The summed E-state index contributed by atoms with van der Waals surface area (Å²) in [7, 11) is 1.28. The van der Waals surface area contributed by atoms with E-state index in [1.807, 2.05) is 0 Å². The largest absolute Gasteiger partial charge is 0.496 e. The fourth-order valence-corrected chi connectivity index (χ4v) is 2.24.